The van der Waals surface area contributed by atoms with E-state index in [0.717, 1.165) is 50.5 Å². The first-order valence-electron chi connectivity index (χ1n) is 9.29. The molecule has 1 aromatic heterocycles. The van der Waals surface area contributed by atoms with Gasteiger partial charge in [0.25, 0.3) is 0 Å². The number of anilines is 2. The molecule has 2 rings (SSSR count). The van der Waals surface area contributed by atoms with E-state index in [1.807, 2.05) is 6.07 Å². The van der Waals surface area contributed by atoms with Crippen LogP contribution in [-0.4, -0.2) is 55.8 Å². The van der Waals surface area contributed by atoms with Crippen LogP contribution in [0.25, 0.3) is 0 Å². The lowest BCUT2D eigenvalue weighted by Crippen LogP contribution is -2.36. The van der Waals surface area contributed by atoms with E-state index in [2.05, 4.69) is 32.4 Å². The van der Waals surface area contributed by atoms with Crippen molar-refractivity contribution in [1.82, 2.24) is 15.3 Å². The van der Waals surface area contributed by atoms with Gasteiger partial charge in [0.05, 0.1) is 6.61 Å². The number of aromatic nitrogens is 2. The van der Waals surface area contributed by atoms with Crippen molar-refractivity contribution in [3.63, 3.8) is 0 Å². The lowest BCUT2D eigenvalue weighted by molar-refractivity contribution is -0.121. The predicted molar refractivity (Wildman–Crippen MR) is 99.9 cm³/mol. The number of rotatable bonds is 10. The molecule has 7 heteroatoms. The molecule has 1 saturated heterocycles. The van der Waals surface area contributed by atoms with Crippen LogP contribution < -0.4 is 15.5 Å². The van der Waals surface area contributed by atoms with E-state index in [4.69, 9.17) is 4.74 Å². The third-order valence-corrected chi connectivity index (χ3v) is 4.46. The number of hydrogen-bond acceptors (Lipinski definition) is 6. The number of nitrogens with zero attached hydrogens (tertiary/aromatic N) is 3. The van der Waals surface area contributed by atoms with Gasteiger partial charge in [0.1, 0.15) is 18.0 Å². The SMILES string of the molecule is CCCNc1cc(N2CCCC(CCC(=O)NCCOC)C2)ncn1. The maximum Gasteiger partial charge on any atom is 0.220 e. The Kier molecular flexibility index (Phi) is 8.45. The topological polar surface area (TPSA) is 79.4 Å². The minimum Gasteiger partial charge on any atom is -0.383 e. The van der Waals surface area contributed by atoms with Crippen LogP contribution >= 0.6 is 0 Å². The van der Waals surface area contributed by atoms with E-state index < -0.39 is 0 Å². The summed E-state index contributed by atoms with van der Waals surface area (Å²) in [4.78, 5) is 22.9. The van der Waals surface area contributed by atoms with Gasteiger partial charge < -0.3 is 20.3 Å². The average Bonchev–Trinajstić information content (AvgIpc) is 2.65. The Morgan fingerprint density at radius 3 is 3.08 bits per heavy atom. The molecular weight excluding hydrogens is 318 g/mol. The van der Waals surface area contributed by atoms with Crippen molar-refractivity contribution in [1.29, 1.82) is 0 Å². The fourth-order valence-corrected chi connectivity index (χ4v) is 3.09. The molecule has 0 radical (unpaired) electrons. The van der Waals surface area contributed by atoms with Gasteiger partial charge in [0.2, 0.25) is 5.91 Å². The van der Waals surface area contributed by atoms with E-state index in [-0.39, 0.29) is 5.91 Å². The molecule has 1 unspecified atom stereocenters. The van der Waals surface area contributed by atoms with Crippen molar-refractivity contribution >= 4 is 17.5 Å². The summed E-state index contributed by atoms with van der Waals surface area (Å²) in [6.45, 7) is 6.16. The number of carbonyl (C=O) groups excluding carboxylic acids is 1. The fourth-order valence-electron chi connectivity index (χ4n) is 3.09. The Hall–Kier alpha value is -1.89. The summed E-state index contributed by atoms with van der Waals surface area (Å²) in [6.07, 6.45) is 6.50. The van der Waals surface area contributed by atoms with Gasteiger partial charge in [-0.15, -0.1) is 0 Å². The summed E-state index contributed by atoms with van der Waals surface area (Å²) >= 11 is 0. The summed E-state index contributed by atoms with van der Waals surface area (Å²) in [5.74, 6) is 2.50. The molecule has 1 atom stereocenters. The molecule has 0 aromatic carbocycles. The summed E-state index contributed by atoms with van der Waals surface area (Å²) in [7, 11) is 1.64. The van der Waals surface area contributed by atoms with Gasteiger partial charge in [-0.25, -0.2) is 9.97 Å². The van der Waals surface area contributed by atoms with E-state index in [1.165, 1.54) is 6.42 Å². The number of hydrogen-bond donors (Lipinski definition) is 2. The van der Waals surface area contributed by atoms with Gasteiger partial charge in [0, 0.05) is 45.8 Å². The van der Waals surface area contributed by atoms with Crippen LogP contribution in [0.1, 0.15) is 39.0 Å². The van der Waals surface area contributed by atoms with Crippen LogP contribution in [-0.2, 0) is 9.53 Å². The molecule has 0 bridgehead atoms. The van der Waals surface area contributed by atoms with Gasteiger partial charge in [0.15, 0.2) is 0 Å². The Labute approximate surface area is 150 Å². The minimum atomic E-state index is 0.113. The second kappa shape index (κ2) is 10.9. The molecule has 25 heavy (non-hydrogen) atoms. The zero-order valence-electron chi connectivity index (χ0n) is 15.5. The molecular formula is C18H31N5O2. The highest BCUT2D eigenvalue weighted by atomic mass is 16.5. The predicted octanol–water partition coefficient (Wildman–Crippen LogP) is 2.06. The fraction of sp³-hybridized carbons (Fsp3) is 0.722. The maximum absolute atomic E-state index is 11.8. The third kappa shape index (κ3) is 6.86. The Morgan fingerprint density at radius 1 is 1.40 bits per heavy atom. The Morgan fingerprint density at radius 2 is 2.28 bits per heavy atom. The van der Waals surface area contributed by atoms with Crippen LogP contribution in [0, 0.1) is 5.92 Å². The van der Waals surface area contributed by atoms with Crippen molar-refractivity contribution in [2.75, 3.05) is 50.1 Å². The molecule has 0 spiro atoms. The second-order valence-corrected chi connectivity index (χ2v) is 6.52. The van der Waals surface area contributed by atoms with Crippen molar-refractivity contribution < 1.29 is 9.53 Å². The number of ether oxygens (including phenoxy) is 1. The van der Waals surface area contributed by atoms with Gasteiger partial charge in [-0.1, -0.05) is 6.92 Å². The normalized spacial score (nSPS) is 17.4. The van der Waals surface area contributed by atoms with Gasteiger partial charge in [-0.2, -0.15) is 0 Å². The first-order valence-corrected chi connectivity index (χ1v) is 9.29. The Bertz CT molecular complexity index is 526. The maximum atomic E-state index is 11.8. The van der Waals surface area contributed by atoms with Crippen LogP contribution in [0.2, 0.25) is 0 Å². The van der Waals surface area contributed by atoms with Crippen molar-refractivity contribution in [3.8, 4) is 0 Å². The standard InChI is InChI=1S/C18H31N5O2/c1-3-8-19-16-12-17(22-14-21-16)23-10-4-5-15(13-23)6-7-18(24)20-9-11-25-2/h12,14-15H,3-11,13H2,1-2H3,(H,20,24)(H,19,21,22). The number of piperidine rings is 1. The molecule has 1 aromatic rings. The zero-order chi connectivity index (χ0) is 17.9. The van der Waals surface area contributed by atoms with Crippen LogP contribution in [0.3, 0.4) is 0 Å². The summed E-state index contributed by atoms with van der Waals surface area (Å²) < 4.78 is 4.95. The van der Waals surface area contributed by atoms with Crippen molar-refractivity contribution in [2.45, 2.75) is 39.0 Å². The first-order chi connectivity index (χ1) is 12.2. The van der Waals surface area contributed by atoms with Crippen LogP contribution in [0.4, 0.5) is 11.6 Å². The molecule has 0 aliphatic carbocycles. The Balaban J connectivity index is 1.81. The van der Waals surface area contributed by atoms with Crippen molar-refractivity contribution in [2.24, 2.45) is 5.92 Å². The van der Waals surface area contributed by atoms with E-state index in [1.54, 1.807) is 13.4 Å². The minimum absolute atomic E-state index is 0.113. The van der Waals surface area contributed by atoms with Gasteiger partial charge >= 0.3 is 0 Å². The first kappa shape index (κ1) is 19.4. The van der Waals surface area contributed by atoms with E-state index in [9.17, 15) is 4.79 Å². The molecule has 140 valence electrons. The molecule has 1 amide bonds. The zero-order valence-corrected chi connectivity index (χ0v) is 15.5. The molecule has 1 aliphatic heterocycles. The lowest BCUT2D eigenvalue weighted by atomic mass is 9.93. The molecule has 1 aliphatic rings. The summed E-state index contributed by atoms with van der Waals surface area (Å²) in [6, 6.07) is 2.02. The number of amides is 1. The largest absolute Gasteiger partial charge is 0.383 e. The molecule has 0 saturated carbocycles. The molecule has 1 fully saturated rings. The number of methoxy groups -OCH3 is 1. The van der Waals surface area contributed by atoms with Crippen LogP contribution in [0.5, 0.6) is 0 Å². The molecule has 2 heterocycles. The second-order valence-electron chi connectivity index (χ2n) is 6.52. The number of carbonyl (C=O) groups is 1. The number of nitrogens with one attached hydrogen (secondary N) is 2. The monoisotopic (exact) mass is 349 g/mol. The van der Waals surface area contributed by atoms with Gasteiger partial charge in [-0.3, -0.25) is 4.79 Å². The third-order valence-electron chi connectivity index (χ3n) is 4.46. The molecule has 7 nitrogen and oxygen atoms in total. The van der Waals surface area contributed by atoms with E-state index in [0.29, 0.717) is 25.5 Å². The summed E-state index contributed by atoms with van der Waals surface area (Å²) in [5, 5.41) is 6.20. The quantitative estimate of drug-likeness (QED) is 0.630. The average molecular weight is 349 g/mol. The molecule has 2 N–H and O–H groups in total. The highest BCUT2D eigenvalue weighted by molar-refractivity contribution is 5.75. The highest BCUT2D eigenvalue weighted by Gasteiger charge is 2.21. The van der Waals surface area contributed by atoms with E-state index >= 15 is 0 Å². The smallest absolute Gasteiger partial charge is 0.220 e. The van der Waals surface area contributed by atoms with Crippen molar-refractivity contribution in [3.05, 3.63) is 12.4 Å². The lowest BCUT2D eigenvalue weighted by Gasteiger charge is -2.33. The summed E-state index contributed by atoms with van der Waals surface area (Å²) in [5.41, 5.74) is 0. The van der Waals surface area contributed by atoms with Crippen LogP contribution in [0.15, 0.2) is 12.4 Å². The highest BCUT2D eigenvalue weighted by Crippen LogP contribution is 2.25. The van der Waals surface area contributed by atoms with Gasteiger partial charge in [-0.05, 0) is 31.6 Å².